The Bertz CT molecular complexity index is 623. The molecule has 0 spiro atoms. The highest BCUT2D eigenvalue weighted by Crippen LogP contribution is 2.27. The van der Waals surface area contributed by atoms with Crippen molar-refractivity contribution in [2.75, 3.05) is 23.3 Å². The Morgan fingerprint density at radius 3 is 2.67 bits per heavy atom. The first-order valence-electron chi connectivity index (χ1n) is 7.32. The molecule has 2 aromatic rings. The zero-order valence-corrected chi connectivity index (χ0v) is 13.7. The summed E-state index contributed by atoms with van der Waals surface area (Å²) in [6.45, 7) is 4.25. The maximum atomic E-state index is 4.40. The smallest absolute Gasteiger partial charge is 0.135 e. The van der Waals surface area contributed by atoms with E-state index in [0.29, 0.717) is 0 Å². The van der Waals surface area contributed by atoms with Crippen LogP contribution in [0.25, 0.3) is 0 Å². The van der Waals surface area contributed by atoms with Crippen molar-refractivity contribution in [3.63, 3.8) is 0 Å². The summed E-state index contributed by atoms with van der Waals surface area (Å²) < 4.78 is 1.04. The zero-order valence-electron chi connectivity index (χ0n) is 12.1. The third kappa shape index (κ3) is 3.53. The van der Waals surface area contributed by atoms with Crippen molar-refractivity contribution >= 4 is 33.3 Å². The Labute approximate surface area is 133 Å². The van der Waals surface area contributed by atoms with Gasteiger partial charge in [-0.25, -0.2) is 9.97 Å². The highest BCUT2D eigenvalue weighted by atomic mass is 79.9. The first-order chi connectivity index (χ1) is 10.2. The SMILES string of the molecule is Cc1ccc(Nc2cc(N3CCCCC3)ncn2)c(Br)c1. The third-order valence-corrected chi connectivity index (χ3v) is 4.38. The molecule has 1 aromatic carbocycles. The van der Waals surface area contributed by atoms with E-state index in [-0.39, 0.29) is 0 Å². The molecule has 4 nitrogen and oxygen atoms in total. The fourth-order valence-corrected chi connectivity index (χ4v) is 3.16. The Morgan fingerprint density at radius 2 is 1.90 bits per heavy atom. The van der Waals surface area contributed by atoms with Crippen LogP contribution in [0.1, 0.15) is 24.8 Å². The van der Waals surface area contributed by atoms with Crippen molar-refractivity contribution in [1.29, 1.82) is 0 Å². The number of anilines is 3. The van der Waals surface area contributed by atoms with Gasteiger partial charge < -0.3 is 10.2 Å². The van der Waals surface area contributed by atoms with Gasteiger partial charge in [0, 0.05) is 23.6 Å². The van der Waals surface area contributed by atoms with Gasteiger partial charge in [0.05, 0.1) is 5.69 Å². The molecule has 1 aliphatic rings. The van der Waals surface area contributed by atoms with Crippen LogP contribution in [-0.4, -0.2) is 23.1 Å². The van der Waals surface area contributed by atoms with E-state index in [1.165, 1.54) is 24.8 Å². The van der Waals surface area contributed by atoms with Crippen molar-refractivity contribution in [3.05, 3.63) is 40.6 Å². The highest BCUT2D eigenvalue weighted by molar-refractivity contribution is 9.10. The number of nitrogens with one attached hydrogen (secondary N) is 1. The van der Waals surface area contributed by atoms with Crippen molar-refractivity contribution in [3.8, 4) is 0 Å². The van der Waals surface area contributed by atoms with Crippen LogP contribution < -0.4 is 10.2 Å². The summed E-state index contributed by atoms with van der Waals surface area (Å²) in [5, 5.41) is 3.35. The summed E-state index contributed by atoms with van der Waals surface area (Å²) in [5.41, 5.74) is 2.24. The summed E-state index contributed by atoms with van der Waals surface area (Å²) in [6.07, 6.45) is 5.45. The molecule has 3 rings (SSSR count). The average Bonchev–Trinajstić information content (AvgIpc) is 2.51. The van der Waals surface area contributed by atoms with Crippen LogP contribution >= 0.6 is 15.9 Å². The van der Waals surface area contributed by atoms with Crippen LogP contribution in [0, 0.1) is 6.92 Å². The first kappa shape index (κ1) is 14.3. The maximum absolute atomic E-state index is 4.40. The second-order valence-corrected chi connectivity index (χ2v) is 6.27. The number of aryl methyl sites for hydroxylation is 1. The van der Waals surface area contributed by atoms with Gasteiger partial charge in [0.2, 0.25) is 0 Å². The Balaban J connectivity index is 1.79. The van der Waals surface area contributed by atoms with E-state index in [1.54, 1.807) is 6.33 Å². The number of hydrogen-bond acceptors (Lipinski definition) is 4. The number of rotatable bonds is 3. The fourth-order valence-electron chi connectivity index (χ4n) is 2.57. The van der Waals surface area contributed by atoms with Gasteiger partial charge in [-0.2, -0.15) is 0 Å². The molecule has 110 valence electrons. The molecule has 0 aliphatic carbocycles. The summed E-state index contributed by atoms with van der Waals surface area (Å²) in [5.74, 6) is 1.84. The van der Waals surface area contributed by atoms with Gasteiger partial charge in [-0.05, 0) is 59.8 Å². The van der Waals surface area contributed by atoms with Gasteiger partial charge in [-0.1, -0.05) is 6.07 Å². The molecule has 21 heavy (non-hydrogen) atoms. The van der Waals surface area contributed by atoms with E-state index in [4.69, 9.17) is 0 Å². The number of aromatic nitrogens is 2. The number of benzene rings is 1. The van der Waals surface area contributed by atoms with Gasteiger partial charge in [-0.15, -0.1) is 0 Å². The topological polar surface area (TPSA) is 41.0 Å². The van der Waals surface area contributed by atoms with E-state index in [2.05, 4.69) is 61.2 Å². The number of halogens is 1. The molecule has 1 fully saturated rings. The fraction of sp³-hybridized carbons (Fsp3) is 0.375. The van der Waals surface area contributed by atoms with Crippen molar-refractivity contribution in [2.24, 2.45) is 0 Å². The van der Waals surface area contributed by atoms with Gasteiger partial charge in [0.25, 0.3) is 0 Å². The van der Waals surface area contributed by atoms with E-state index in [1.807, 2.05) is 6.07 Å². The monoisotopic (exact) mass is 346 g/mol. The molecule has 1 saturated heterocycles. The second kappa shape index (κ2) is 6.43. The summed E-state index contributed by atoms with van der Waals surface area (Å²) in [7, 11) is 0. The molecule has 1 N–H and O–H groups in total. The Kier molecular flexibility index (Phi) is 4.39. The molecule has 0 saturated carbocycles. The lowest BCUT2D eigenvalue weighted by Crippen LogP contribution is -2.30. The third-order valence-electron chi connectivity index (χ3n) is 3.72. The molecule has 0 atom stereocenters. The van der Waals surface area contributed by atoms with Crippen molar-refractivity contribution in [1.82, 2.24) is 9.97 Å². The van der Waals surface area contributed by atoms with Crippen LogP contribution in [0.3, 0.4) is 0 Å². The van der Waals surface area contributed by atoms with Crippen LogP contribution in [0.5, 0.6) is 0 Å². The van der Waals surface area contributed by atoms with Crippen LogP contribution in [0.4, 0.5) is 17.3 Å². The highest BCUT2D eigenvalue weighted by Gasteiger charge is 2.13. The number of nitrogens with zero attached hydrogens (tertiary/aromatic N) is 3. The lowest BCUT2D eigenvalue weighted by molar-refractivity contribution is 0.573. The second-order valence-electron chi connectivity index (χ2n) is 5.42. The normalized spacial score (nSPS) is 15.0. The van der Waals surface area contributed by atoms with Crippen LogP contribution in [-0.2, 0) is 0 Å². The number of piperidine rings is 1. The van der Waals surface area contributed by atoms with Crippen LogP contribution in [0.2, 0.25) is 0 Å². The standard InChI is InChI=1S/C16H19BrN4/c1-12-5-6-14(13(17)9-12)20-15-10-16(19-11-18-15)21-7-3-2-4-8-21/h5-6,9-11H,2-4,7-8H2,1H3,(H,18,19,20). The number of hydrogen-bond donors (Lipinski definition) is 1. The van der Waals surface area contributed by atoms with E-state index < -0.39 is 0 Å². The van der Waals surface area contributed by atoms with Crippen molar-refractivity contribution < 1.29 is 0 Å². The van der Waals surface area contributed by atoms with Gasteiger partial charge >= 0.3 is 0 Å². The average molecular weight is 347 g/mol. The van der Waals surface area contributed by atoms with Crippen molar-refractivity contribution in [2.45, 2.75) is 26.2 Å². The summed E-state index contributed by atoms with van der Waals surface area (Å²) >= 11 is 3.58. The zero-order chi connectivity index (χ0) is 14.7. The largest absolute Gasteiger partial charge is 0.356 e. The molecular formula is C16H19BrN4. The van der Waals surface area contributed by atoms with E-state index in [9.17, 15) is 0 Å². The lowest BCUT2D eigenvalue weighted by atomic mass is 10.1. The molecule has 0 amide bonds. The molecule has 0 bridgehead atoms. The predicted octanol–water partition coefficient (Wildman–Crippen LogP) is 4.28. The minimum Gasteiger partial charge on any atom is -0.356 e. The minimum absolute atomic E-state index is 0.829. The maximum Gasteiger partial charge on any atom is 0.135 e. The summed E-state index contributed by atoms with van der Waals surface area (Å²) in [6, 6.07) is 8.26. The Morgan fingerprint density at radius 1 is 1.10 bits per heavy atom. The molecule has 2 heterocycles. The molecule has 0 radical (unpaired) electrons. The molecule has 1 aliphatic heterocycles. The van der Waals surface area contributed by atoms with Gasteiger partial charge in [0.15, 0.2) is 0 Å². The van der Waals surface area contributed by atoms with Gasteiger partial charge in [0.1, 0.15) is 18.0 Å². The van der Waals surface area contributed by atoms with Crippen LogP contribution in [0.15, 0.2) is 35.1 Å². The minimum atomic E-state index is 0.829. The summed E-state index contributed by atoms with van der Waals surface area (Å²) in [4.78, 5) is 11.1. The van der Waals surface area contributed by atoms with E-state index >= 15 is 0 Å². The predicted molar refractivity (Wildman–Crippen MR) is 90.3 cm³/mol. The molecular weight excluding hydrogens is 328 g/mol. The quantitative estimate of drug-likeness (QED) is 0.900. The lowest BCUT2D eigenvalue weighted by Gasteiger charge is -2.27. The van der Waals surface area contributed by atoms with Gasteiger partial charge in [-0.3, -0.25) is 0 Å². The van der Waals surface area contributed by atoms with E-state index in [0.717, 1.165) is 34.9 Å². The molecule has 5 heteroatoms. The molecule has 0 unspecified atom stereocenters. The first-order valence-corrected chi connectivity index (χ1v) is 8.12. The Hall–Kier alpha value is -1.62. The molecule has 1 aromatic heterocycles.